The number of rotatable bonds is 4. The molecule has 1 atom stereocenters. The molecular formula is C15H19N3O2. The van der Waals surface area contributed by atoms with Crippen molar-refractivity contribution in [3.8, 4) is 5.75 Å². The van der Waals surface area contributed by atoms with Gasteiger partial charge in [-0.05, 0) is 37.5 Å². The summed E-state index contributed by atoms with van der Waals surface area (Å²) >= 11 is 0. The minimum Gasteiger partial charge on any atom is -0.486 e. The van der Waals surface area contributed by atoms with Crippen LogP contribution in [0.4, 0.5) is 0 Å². The molecule has 0 amide bonds. The maximum Gasteiger partial charge on any atom is 0.171 e. The van der Waals surface area contributed by atoms with Gasteiger partial charge in [0.1, 0.15) is 18.2 Å². The Morgan fingerprint density at radius 2 is 2.25 bits per heavy atom. The van der Waals surface area contributed by atoms with E-state index < -0.39 is 6.10 Å². The fraction of sp³-hybridized carbons (Fsp3) is 0.467. The second-order valence-electron chi connectivity index (χ2n) is 5.18. The zero-order chi connectivity index (χ0) is 13.9. The molecule has 0 bridgehead atoms. The molecule has 5 heteroatoms. The van der Waals surface area contributed by atoms with Crippen LogP contribution in [-0.4, -0.2) is 19.9 Å². The number of nitrogens with zero attached hydrogens (tertiary/aromatic N) is 3. The van der Waals surface area contributed by atoms with Crippen molar-refractivity contribution in [2.75, 3.05) is 0 Å². The Balaban J connectivity index is 1.70. The van der Waals surface area contributed by atoms with Gasteiger partial charge < -0.3 is 14.4 Å². The number of fused-ring (bicyclic) bond motifs is 1. The predicted octanol–water partition coefficient (Wildman–Crippen LogP) is 2.25. The lowest BCUT2D eigenvalue weighted by Crippen LogP contribution is -2.14. The summed E-state index contributed by atoms with van der Waals surface area (Å²) in [6, 6.07) is 7.52. The molecule has 106 valence electrons. The third kappa shape index (κ3) is 2.67. The Morgan fingerprint density at radius 3 is 3.10 bits per heavy atom. The van der Waals surface area contributed by atoms with E-state index in [9.17, 15) is 5.11 Å². The van der Waals surface area contributed by atoms with E-state index in [1.807, 2.05) is 24.3 Å². The van der Waals surface area contributed by atoms with Crippen molar-refractivity contribution in [2.24, 2.45) is 0 Å². The highest BCUT2D eigenvalue weighted by Gasteiger charge is 2.15. The number of hydrogen-bond acceptors (Lipinski definition) is 4. The SMILES string of the molecule is CC(O)c1cccc(OCc2nnc3n2CCCC3)c1. The fourth-order valence-corrected chi connectivity index (χ4v) is 2.49. The van der Waals surface area contributed by atoms with Gasteiger partial charge in [-0.2, -0.15) is 0 Å². The molecule has 1 aliphatic heterocycles. The number of aliphatic hydroxyl groups excluding tert-OH is 1. The summed E-state index contributed by atoms with van der Waals surface area (Å²) in [6.07, 6.45) is 2.88. The first-order valence-corrected chi connectivity index (χ1v) is 7.06. The van der Waals surface area contributed by atoms with Crippen molar-refractivity contribution in [3.05, 3.63) is 41.5 Å². The molecular weight excluding hydrogens is 254 g/mol. The number of aryl methyl sites for hydroxylation is 1. The molecule has 3 rings (SSSR count). The van der Waals surface area contributed by atoms with Gasteiger partial charge in [0.15, 0.2) is 5.82 Å². The van der Waals surface area contributed by atoms with Crippen LogP contribution in [0.5, 0.6) is 5.75 Å². The Bertz CT molecular complexity index is 593. The zero-order valence-electron chi connectivity index (χ0n) is 11.6. The van der Waals surface area contributed by atoms with Crippen LogP contribution in [0.25, 0.3) is 0 Å². The fourth-order valence-electron chi connectivity index (χ4n) is 2.49. The monoisotopic (exact) mass is 273 g/mol. The van der Waals surface area contributed by atoms with E-state index in [1.165, 1.54) is 12.8 Å². The van der Waals surface area contributed by atoms with Crippen LogP contribution in [0.2, 0.25) is 0 Å². The zero-order valence-corrected chi connectivity index (χ0v) is 11.6. The summed E-state index contributed by atoms with van der Waals surface area (Å²) in [5.41, 5.74) is 0.853. The van der Waals surface area contributed by atoms with Gasteiger partial charge in [0, 0.05) is 13.0 Å². The van der Waals surface area contributed by atoms with Crippen LogP contribution in [0, 0.1) is 0 Å². The van der Waals surface area contributed by atoms with Crippen LogP contribution in [0.3, 0.4) is 0 Å². The normalized spacial score (nSPS) is 15.7. The number of ether oxygens (including phenoxy) is 1. The van der Waals surface area contributed by atoms with Crippen LogP contribution in [0.15, 0.2) is 24.3 Å². The van der Waals surface area contributed by atoms with Gasteiger partial charge in [0.2, 0.25) is 0 Å². The molecule has 1 aliphatic rings. The Labute approximate surface area is 118 Å². The van der Waals surface area contributed by atoms with Crippen molar-refractivity contribution in [3.63, 3.8) is 0 Å². The second-order valence-corrected chi connectivity index (χ2v) is 5.18. The Hall–Kier alpha value is -1.88. The summed E-state index contributed by atoms with van der Waals surface area (Å²) in [7, 11) is 0. The lowest BCUT2D eigenvalue weighted by molar-refractivity contribution is 0.198. The first-order valence-electron chi connectivity index (χ1n) is 7.06. The second kappa shape index (κ2) is 5.63. The van der Waals surface area contributed by atoms with Gasteiger partial charge in [-0.1, -0.05) is 12.1 Å². The Morgan fingerprint density at radius 1 is 1.35 bits per heavy atom. The van der Waals surface area contributed by atoms with E-state index >= 15 is 0 Å². The Kier molecular flexibility index (Phi) is 3.69. The molecule has 0 saturated carbocycles. The summed E-state index contributed by atoms with van der Waals surface area (Å²) in [5.74, 6) is 2.69. The average Bonchev–Trinajstić information content (AvgIpc) is 2.89. The highest BCUT2D eigenvalue weighted by atomic mass is 16.5. The standard InChI is InChI=1S/C15H19N3O2/c1-11(19)12-5-4-6-13(9-12)20-10-15-17-16-14-7-2-3-8-18(14)15/h4-6,9,11,19H,2-3,7-8,10H2,1H3. The number of aromatic nitrogens is 3. The van der Waals surface area contributed by atoms with E-state index in [2.05, 4.69) is 14.8 Å². The van der Waals surface area contributed by atoms with Crippen LogP contribution in [-0.2, 0) is 19.6 Å². The van der Waals surface area contributed by atoms with Crippen molar-refractivity contribution in [1.82, 2.24) is 14.8 Å². The van der Waals surface area contributed by atoms with E-state index in [4.69, 9.17) is 4.74 Å². The molecule has 2 heterocycles. The number of benzene rings is 1. The first kappa shape index (κ1) is 13.1. The third-order valence-electron chi connectivity index (χ3n) is 3.64. The van der Waals surface area contributed by atoms with E-state index in [0.717, 1.165) is 35.9 Å². The summed E-state index contributed by atoms with van der Waals surface area (Å²) < 4.78 is 7.93. The van der Waals surface area contributed by atoms with Gasteiger partial charge in [-0.15, -0.1) is 10.2 Å². The van der Waals surface area contributed by atoms with Gasteiger partial charge in [-0.25, -0.2) is 0 Å². The maximum atomic E-state index is 9.58. The van der Waals surface area contributed by atoms with Crippen molar-refractivity contribution >= 4 is 0 Å². The topological polar surface area (TPSA) is 60.2 Å². The molecule has 1 aromatic heterocycles. The van der Waals surface area contributed by atoms with Gasteiger partial charge >= 0.3 is 0 Å². The molecule has 0 fully saturated rings. The van der Waals surface area contributed by atoms with Gasteiger partial charge in [-0.3, -0.25) is 0 Å². The lowest BCUT2D eigenvalue weighted by atomic mass is 10.1. The van der Waals surface area contributed by atoms with Crippen LogP contribution in [0.1, 0.15) is 43.1 Å². The number of hydrogen-bond donors (Lipinski definition) is 1. The molecule has 1 unspecified atom stereocenters. The summed E-state index contributed by atoms with van der Waals surface area (Å²) in [5, 5.41) is 18.0. The highest BCUT2D eigenvalue weighted by Crippen LogP contribution is 2.20. The molecule has 0 spiro atoms. The predicted molar refractivity (Wildman–Crippen MR) is 74.4 cm³/mol. The first-order chi connectivity index (χ1) is 9.74. The molecule has 0 saturated heterocycles. The summed E-state index contributed by atoms with van der Waals surface area (Å²) in [4.78, 5) is 0. The lowest BCUT2D eigenvalue weighted by Gasteiger charge is -2.15. The number of aliphatic hydroxyl groups is 1. The molecule has 2 aromatic rings. The third-order valence-corrected chi connectivity index (χ3v) is 3.64. The maximum absolute atomic E-state index is 9.58. The molecule has 0 aliphatic carbocycles. The average molecular weight is 273 g/mol. The highest BCUT2D eigenvalue weighted by molar-refractivity contribution is 5.29. The van der Waals surface area contributed by atoms with Crippen molar-refractivity contribution in [1.29, 1.82) is 0 Å². The molecule has 1 N–H and O–H groups in total. The molecule has 5 nitrogen and oxygen atoms in total. The smallest absolute Gasteiger partial charge is 0.171 e. The minimum atomic E-state index is -0.487. The largest absolute Gasteiger partial charge is 0.486 e. The van der Waals surface area contributed by atoms with Crippen molar-refractivity contribution in [2.45, 2.75) is 45.4 Å². The van der Waals surface area contributed by atoms with Gasteiger partial charge in [0.25, 0.3) is 0 Å². The quantitative estimate of drug-likeness (QED) is 0.928. The van der Waals surface area contributed by atoms with Crippen LogP contribution < -0.4 is 4.74 Å². The molecule has 20 heavy (non-hydrogen) atoms. The minimum absolute atomic E-state index is 0.413. The molecule has 1 aromatic carbocycles. The molecule has 0 radical (unpaired) electrons. The van der Waals surface area contributed by atoms with E-state index in [-0.39, 0.29) is 0 Å². The van der Waals surface area contributed by atoms with Gasteiger partial charge in [0.05, 0.1) is 6.10 Å². The van der Waals surface area contributed by atoms with Crippen LogP contribution >= 0.6 is 0 Å². The summed E-state index contributed by atoms with van der Waals surface area (Å²) in [6.45, 7) is 3.14. The van der Waals surface area contributed by atoms with Crippen molar-refractivity contribution < 1.29 is 9.84 Å². The van der Waals surface area contributed by atoms with E-state index in [1.54, 1.807) is 6.92 Å². The van der Waals surface area contributed by atoms with E-state index in [0.29, 0.717) is 6.61 Å².